The Morgan fingerprint density at radius 3 is 0.462 bits per heavy atom. The molecule has 4 rings (SSSR count). The summed E-state index contributed by atoms with van der Waals surface area (Å²) in [6.07, 6.45) is 62.0. The molecule has 0 radical (unpaired) electrons. The van der Waals surface area contributed by atoms with Crippen molar-refractivity contribution in [2.24, 2.45) is 0 Å². The van der Waals surface area contributed by atoms with Crippen LogP contribution < -0.4 is 0 Å². The topological polar surface area (TPSA) is 30.3 Å². The summed E-state index contributed by atoms with van der Waals surface area (Å²) >= 11 is 0. The van der Waals surface area contributed by atoms with Gasteiger partial charge in [-0.1, -0.05) is 231 Å². The molecule has 3 heteroatoms. The molecule has 0 atom stereocenters. The lowest BCUT2D eigenvalue weighted by molar-refractivity contribution is 0.110. The van der Waals surface area contributed by atoms with Gasteiger partial charge in [0, 0.05) is 24.2 Å². The SMILES string of the molecule is N=C(N(C1CCCCCCCCCCC1)C1CCCCCCCCCCC1)N(C1CCCCCCCCCCC1)C1CCCCCCCCCCC1. The van der Waals surface area contributed by atoms with Crippen LogP contribution in [0.3, 0.4) is 0 Å². The molecule has 4 saturated carbocycles. The van der Waals surface area contributed by atoms with Crippen molar-refractivity contribution in [2.75, 3.05) is 0 Å². The minimum atomic E-state index is 0.574. The zero-order valence-corrected chi connectivity index (χ0v) is 35.3. The molecule has 3 nitrogen and oxygen atoms in total. The van der Waals surface area contributed by atoms with Crippen molar-refractivity contribution in [3.63, 3.8) is 0 Å². The fourth-order valence-electron chi connectivity index (χ4n) is 11.1. The first-order valence-corrected chi connectivity index (χ1v) is 25.0. The van der Waals surface area contributed by atoms with E-state index in [1.54, 1.807) is 0 Å². The van der Waals surface area contributed by atoms with E-state index in [0.717, 1.165) is 5.96 Å². The fourth-order valence-corrected chi connectivity index (χ4v) is 11.1. The third kappa shape index (κ3) is 18.3. The molecular formula is C49H93N3. The summed E-state index contributed by atoms with van der Waals surface area (Å²) in [5.41, 5.74) is 0. The van der Waals surface area contributed by atoms with E-state index in [1.165, 1.54) is 283 Å². The first kappa shape index (κ1) is 44.0. The average Bonchev–Trinajstić information content (AvgIpc) is 3.12. The summed E-state index contributed by atoms with van der Waals surface area (Å²) in [5.74, 6) is 1.04. The third-order valence-electron chi connectivity index (χ3n) is 14.4. The van der Waals surface area contributed by atoms with Crippen molar-refractivity contribution in [1.82, 2.24) is 9.80 Å². The van der Waals surface area contributed by atoms with E-state index in [4.69, 9.17) is 0 Å². The molecule has 4 fully saturated rings. The summed E-state index contributed by atoms with van der Waals surface area (Å²) in [5, 5.41) is 10.8. The third-order valence-corrected chi connectivity index (χ3v) is 14.4. The van der Waals surface area contributed by atoms with Gasteiger partial charge in [0.05, 0.1) is 0 Å². The van der Waals surface area contributed by atoms with Gasteiger partial charge in [-0.25, -0.2) is 0 Å². The standard InChI is InChI=1S/C49H93N3/c50-49(51(45-37-29-21-13-5-1-6-14-22-30-38-45)46-39-31-23-15-7-2-8-16-24-32-40-46)52(47-41-33-25-17-9-3-10-18-26-34-42-47)48-43-35-27-19-11-4-12-20-28-36-44-48/h45-48,50H,1-44H2. The summed E-state index contributed by atoms with van der Waals surface area (Å²) < 4.78 is 0. The molecule has 52 heavy (non-hydrogen) atoms. The first-order chi connectivity index (χ1) is 25.8. The highest BCUT2D eigenvalue weighted by atomic mass is 15.4. The lowest BCUT2D eigenvalue weighted by Gasteiger charge is -2.49. The van der Waals surface area contributed by atoms with Crippen molar-refractivity contribution in [3.05, 3.63) is 0 Å². The molecular weight excluding hydrogens is 631 g/mol. The molecule has 0 unspecified atom stereocenters. The predicted octanol–water partition coefficient (Wildman–Crippen LogP) is 16.2. The van der Waals surface area contributed by atoms with Gasteiger partial charge in [-0.15, -0.1) is 0 Å². The largest absolute Gasteiger partial charge is 0.337 e. The van der Waals surface area contributed by atoms with Crippen molar-refractivity contribution in [1.29, 1.82) is 5.41 Å². The van der Waals surface area contributed by atoms with Crippen LogP contribution in [0.4, 0.5) is 0 Å². The number of hydrogen-bond donors (Lipinski definition) is 1. The van der Waals surface area contributed by atoms with E-state index < -0.39 is 0 Å². The maximum absolute atomic E-state index is 10.8. The Bertz CT molecular complexity index is 666. The highest BCUT2D eigenvalue weighted by Gasteiger charge is 2.36. The monoisotopic (exact) mass is 724 g/mol. The zero-order chi connectivity index (χ0) is 36.2. The summed E-state index contributed by atoms with van der Waals surface area (Å²) in [6, 6.07) is 2.30. The van der Waals surface area contributed by atoms with E-state index in [0.29, 0.717) is 24.2 Å². The molecule has 0 aromatic rings. The van der Waals surface area contributed by atoms with Crippen molar-refractivity contribution >= 4 is 5.96 Å². The van der Waals surface area contributed by atoms with Crippen molar-refractivity contribution in [3.8, 4) is 0 Å². The van der Waals surface area contributed by atoms with Gasteiger partial charge in [0.2, 0.25) is 0 Å². The van der Waals surface area contributed by atoms with Crippen LogP contribution in [-0.2, 0) is 0 Å². The molecule has 0 bridgehead atoms. The molecule has 0 saturated heterocycles. The Labute approximate surface area is 326 Å². The summed E-state index contributed by atoms with van der Waals surface area (Å²) in [7, 11) is 0. The van der Waals surface area contributed by atoms with Crippen LogP contribution in [0.2, 0.25) is 0 Å². The second-order valence-corrected chi connectivity index (χ2v) is 18.8. The maximum atomic E-state index is 10.8. The Hall–Kier alpha value is -0.730. The Morgan fingerprint density at radius 1 is 0.212 bits per heavy atom. The smallest absolute Gasteiger partial charge is 0.194 e. The van der Waals surface area contributed by atoms with Gasteiger partial charge in [0.1, 0.15) is 0 Å². The van der Waals surface area contributed by atoms with E-state index in [1.807, 2.05) is 0 Å². The molecule has 0 amide bonds. The number of rotatable bonds is 4. The van der Waals surface area contributed by atoms with Gasteiger partial charge in [0.25, 0.3) is 0 Å². The minimum Gasteiger partial charge on any atom is -0.337 e. The van der Waals surface area contributed by atoms with E-state index in [-0.39, 0.29) is 0 Å². The number of nitrogens with one attached hydrogen (secondary N) is 1. The van der Waals surface area contributed by atoms with Crippen LogP contribution in [0.25, 0.3) is 0 Å². The second kappa shape index (κ2) is 29.5. The Morgan fingerprint density at radius 2 is 0.327 bits per heavy atom. The highest BCUT2D eigenvalue weighted by Crippen LogP contribution is 2.33. The lowest BCUT2D eigenvalue weighted by atomic mass is 9.90. The van der Waals surface area contributed by atoms with Gasteiger partial charge in [-0.3, -0.25) is 5.41 Å². The minimum absolute atomic E-state index is 0.574. The van der Waals surface area contributed by atoms with Crippen LogP contribution in [0.5, 0.6) is 0 Å². The quantitative estimate of drug-likeness (QED) is 0.231. The Kier molecular flexibility index (Phi) is 25.0. The molecule has 0 aromatic carbocycles. The van der Waals surface area contributed by atoms with Crippen LogP contribution >= 0.6 is 0 Å². The van der Waals surface area contributed by atoms with Crippen LogP contribution in [-0.4, -0.2) is 39.9 Å². The molecule has 0 aromatic heterocycles. The number of nitrogens with zero attached hydrogens (tertiary/aromatic N) is 2. The molecule has 4 aliphatic rings. The average molecular weight is 724 g/mol. The zero-order valence-electron chi connectivity index (χ0n) is 35.3. The number of guanidine groups is 1. The maximum Gasteiger partial charge on any atom is 0.194 e. The van der Waals surface area contributed by atoms with Crippen molar-refractivity contribution in [2.45, 2.75) is 307 Å². The van der Waals surface area contributed by atoms with Crippen LogP contribution in [0.1, 0.15) is 283 Å². The predicted molar refractivity (Wildman–Crippen MR) is 230 cm³/mol. The van der Waals surface area contributed by atoms with Gasteiger partial charge in [-0.2, -0.15) is 0 Å². The molecule has 1 N–H and O–H groups in total. The van der Waals surface area contributed by atoms with Crippen molar-refractivity contribution < 1.29 is 0 Å². The van der Waals surface area contributed by atoms with E-state index in [2.05, 4.69) is 9.80 Å². The second-order valence-electron chi connectivity index (χ2n) is 18.8. The molecule has 304 valence electrons. The molecule has 0 spiro atoms. The van der Waals surface area contributed by atoms with E-state index in [9.17, 15) is 5.41 Å². The van der Waals surface area contributed by atoms with Gasteiger partial charge in [-0.05, 0) is 51.4 Å². The van der Waals surface area contributed by atoms with Crippen LogP contribution in [0, 0.1) is 5.41 Å². The highest BCUT2D eigenvalue weighted by molar-refractivity contribution is 5.78. The lowest BCUT2D eigenvalue weighted by Crippen LogP contribution is -2.59. The van der Waals surface area contributed by atoms with E-state index >= 15 is 0 Å². The first-order valence-electron chi connectivity index (χ1n) is 25.0. The normalized spacial score (nSPS) is 25.5. The van der Waals surface area contributed by atoms with Gasteiger partial charge < -0.3 is 9.80 Å². The Balaban J connectivity index is 1.69. The molecule has 4 aliphatic carbocycles. The fraction of sp³-hybridized carbons (Fsp3) is 0.980. The number of hydrogen-bond acceptors (Lipinski definition) is 1. The van der Waals surface area contributed by atoms with Gasteiger partial charge >= 0.3 is 0 Å². The molecule has 0 heterocycles. The van der Waals surface area contributed by atoms with Crippen LogP contribution in [0.15, 0.2) is 0 Å². The van der Waals surface area contributed by atoms with Gasteiger partial charge in [0.15, 0.2) is 5.96 Å². The molecule has 0 aliphatic heterocycles. The summed E-state index contributed by atoms with van der Waals surface area (Å²) in [4.78, 5) is 5.90. The summed E-state index contributed by atoms with van der Waals surface area (Å²) in [6.45, 7) is 0.